The molecule has 1 saturated carbocycles. The van der Waals surface area contributed by atoms with Crippen LogP contribution in [0.1, 0.15) is 59.3 Å². The van der Waals surface area contributed by atoms with Gasteiger partial charge >= 0.3 is 6.02 Å². The van der Waals surface area contributed by atoms with Gasteiger partial charge in [0.15, 0.2) is 5.76 Å². The summed E-state index contributed by atoms with van der Waals surface area (Å²) < 4.78 is 5.93. The Morgan fingerprint density at radius 1 is 1.18 bits per heavy atom. The number of carbonyl (C=O) groups excluding carboxylic acids is 1. The molecule has 2 aliphatic carbocycles. The van der Waals surface area contributed by atoms with Crippen molar-refractivity contribution in [3.05, 3.63) is 47.4 Å². The first-order valence-electron chi connectivity index (χ1n) is 10.8. The zero-order valence-electron chi connectivity index (χ0n) is 17.5. The van der Waals surface area contributed by atoms with Gasteiger partial charge in [0.05, 0.1) is 6.04 Å². The number of likely N-dealkylation sites (N-methyl/N-ethyl adjacent to an activating group) is 2. The van der Waals surface area contributed by atoms with Gasteiger partial charge in [-0.2, -0.15) is 0 Å². The summed E-state index contributed by atoms with van der Waals surface area (Å²) in [4.78, 5) is 21.5. The highest BCUT2D eigenvalue weighted by Gasteiger charge is 2.34. The molecule has 152 valence electrons. The second-order valence-electron chi connectivity index (χ2n) is 7.48. The summed E-state index contributed by atoms with van der Waals surface area (Å²) in [7, 11) is 0. The highest BCUT2D eigenvalue weighted by Crippen LogP contribution is 2.25. The molecule has 3 aliphatic rings. The largest absolute Gasteiger partial charge is 0.420 e. The van der Waals surface area contributed by atoms with Crippen molar-refractivity contribution < 1.29 is 9.53 Å². The van der Waals surface area contributed by atoms with E-state index in [1.54, 1.807) is 4.90 Å². The molecule has 0 atom stereocenters. The molecule has 0 radical (unpaired) electrons. The maximum Gasteiger partial charge on any atom is 0.300 e. The van der Waals surface area contributed by atoms with E-state index in [0.717, 1.165) is 37.9 Å². The molecule has 5 heteroatoms. The minimum atomic E-state index is -0.0841. The van der Waals surface area contributed by atoms with Crippen LogP contribution in [0.2, 0.25) is 0 Å². The zero-order chi connectivity index (χ0) is 19.9. The summed E-state index contributed by atoms with van der Waals surface area (Å²) in [5.41, 5.74) is 2.27. The quantitative estimate of drug-likeness (QED) is 0.632. The molecule has 1 heterocycles. The molecule has 0 aromatic rings. The lowest BCUT2D eigenvalue weighted by Crippen LogP contribution is -2.30. The Balaban J connectivity index is 1.79. The molecular weight excluding hydrogens is 350 g/mol. The van der Waals surface area contributed by atoms with Crippen LogP contribution in [0.25, 0.3) is 0 Å². The topological polar surface area (TPSA) is 45.1 Å². The lowest BCUT2D eigenvalue weighted by molar-refractivity contribution is -0.122. The Hall–Kier alpha value is -2.30. The van der Waals surface area contributed by atoms with Crippen molar-refractivity contribution in [1.82, 2.24) is 9.80 Å². The fourth-order valence-electron chi connectivity index (χ4n) is 3.96. The molecule has 1 aliphatic heterocycles. The zero-order valence-corrected chi connectivity index (χ0v) is 17.5. The van der Waals surface area contributed by atoms with Crippen molar-refractivity contribution in [2.75, 3.05) is 19.6 Å². The number of ether oxygens (including phenoxy) is 1. The Morgan fingerprint density at radius 3 is 2.61 bits per heavy atom. The van der Waals surface area contributed by atoms with Crippen LogP contribution in [-0.2, 0) is 9.53 Å². The number of carbonyl (C=O) groups is 1. The maximum atomic E-state index is 12.8. The van der Waals surface area contributed by atoms with Gasteiger partial charge < -0.3 is 9.64 Å². The van der Waals surface area contributed by atoms with E-state index in [0.29, 0.717) is 18.3 Å². The first-order chi connectivity index (χ1) is 13.7. The molecule has 28 heavy (non-hydrogen) atoms. The molecule has 2 fully saturated rings. The number of allylic oxidation sites excluding steroid dienone is 6. The smallest absolute Gasteiger partial charge is 0.300 e. The van der Waals surface area contributed by atoms with E-state index in [-0.39, 0.29) is 11.9 Å². The molecule has 5 nitrogen and oxygen atoms in total. The molecule has 0 aromatic carbocycles. The Bertz CT molecular complexity index is 720. The van der Waals surface area contributed by atoms with Crippen LogP contribution in [0.5, 0.6) is 0 Å². The van der Waals surface area contributed by atoms with Crippen LogP contribution in [-0.4, -0.2) is 47.4 Å². The van der Waals surface area contributed by atoms with Gasteiger partial charge in [-0.05, 0) is 63.8 Å². The third-order valence-electron chi connectivity index (χ3n) is 5.63. The van der Waals surface area contributed by atoms with Crippen molar-refractivity contribution in [2.45, 2.75) is 65.3 Å². The molecule has 1 amide bonds. The lowest BCUT2D eigenvalue weighted by atomic mass is 9.96. The van der Waals surface area contributed by atoms with Crippen LogP contribution in [0.4, 0.5) is 0 Å². The predicted molar refractivity (Wildman–Crippen MR) is 114 cm³/mol. The van der Waals surface area contributed by atoms with E-state index in [4.69, 9.17) is 9.73 Å². The van der Waals surface area contributed by atoms with Crippen molar-refractivity contribution in [3.8, 4) is 0 Å². The molecule has 0 unspecified atom stereocenters. The summed E-state index contributed by atoms with van der Waals surface area (Å²) in [5.74, 6) is 0.301. The third-order valence-corrected chi connectivity index (χ3v) is 5.63. The molecule has 3 rings (SSSR count). The first kappa shape index (κ1) is 20.4. The summed E-state index contributed by atoms with van der Waals surface area (Å²) in [6, 6.07) is 0.763. The highest BCUT2D eigenvalue weighted by molar-refractivity contribution is 6.09. The number of amides is 1. The van der Waals surface area contributed by atoms with Gasteiger partial charge in [0.25, 0.3) is 5.91 Å². The molecule has 0 N–H and O–H groups in total. The van der Waals surface area contributed by atoms with Gasteiger partial charge in [0.1, 0.15) is 0 Å². The van der Waals surface area contributed by atoms with Gasteiger partial charge in [0, 0.05) is 25.3 Å². The van der Waals surface area contributed by atoms with Crippen molar-refractivity contribution in [2.24, 2.45) is 4.99 Å². The summed E-state index contributed by atoms with van der Waals surface area (Å²) in [6.45, 7) is 8.82. The summed E-state index contributed by atoms with van der Waals surface area (Å²) in [5, 5.41) is 0. The molecule has 1 saturated heterocycles. The fourth-order valence-corrected chi connectivity index (χ4v) is 3.96. The van der Waals surface area contributed by atoms with Crippen molar-refractivity contribution >= 4 is 11.9 Å². The predicted octanol–water partition coefficient (Wildman–Crippen LogP) is 4.55. The average molecular weight is 384 g/mol. The van der Waals surface area contributed by atoms with Crippen LogP contribution in [0.3, 0.4) is 0 Å². The fraction of sp³-hybridized carbons (Fsp3) is 0.565. The highest BCUT2D eigenvalue weighted by atomic mass is 16.5. The normalized spacial score (nSPS) is 23.7. The minimum absolute atomic E-state index is 0.0841. The second kappa shape index (κ2) is 9.76. The van der Waals surface area contributed by atoms with Crippen LogP contribution in [0.15, 0.2) is 52.4 Å². The van der Waals surface area contributed by atoms with E-state index in [1.807, 2.05) is 13.0 Å². The van der Waals surface area contributed by atoms with Gasteiger partial charge in [-0.15, -0.1) is 0 Å². The number of hydrogen-bond acceptors (Lipinski definition) is 4. The van der Waals surface area contributed by atoms with E-state index in [2.05, 4.69) is 43.1 Å². The number of nitrogens with zero attached hydrogens (tertiary/aromatic N) is 3. The van der Waals surface area contributed by atoms with Gasteiger partial charge in [0.2, 0.25) is 0 Å². The van der Waals surface area contributed by atoms with Crippen molar-refractivity contribution in [3.63, 3.8) is 0 Å². The van der Waals surface area contributed by atoms with Gasteiger partial charge in [-0.25, -0.2) is 4.99 Å². The Morgan fingerprint density at radius 2 is 1.93 bits per heavy atom. The summed E-state index contributed by atoms with van der Waals surface area (Å²) >= 11 is 0. The van der Waals surface area contributed by atoms with Crippen LogP contribution >= 0.6 is 0 Å². The Labute approximate surface area is 169 Å². The van der Waals surface area contributed by atoms with E-state index < -0.39 is 0 Å². The molecular formula is C23H33N3O2. The maximum absolute atomic E-state index is 12.8. The van der Waals surface area contributed by atoms with Gasteiger partial charge in [-0.3, -0.25) is 9.69 Å². The van der Waals surface area contributed by atoms with Gasteiger partial charge in [-0.1, -0.05) is 31.4 Å². The summed E-state index contributed by atoms with van der Waals surface area (Å²) in [6.07, 6.45) is 17.1. The van der Waals surface area contributed by atoms with E-state index in [1.165, 1.54) is 25.0 Å². The number of aliphatic imine (C=N–C) groups is 1. The average Bonchev–Trinajstić information content (AvgIpc) is 2.86. The number of rotatable bonds is 6. The lowest BCUT2D eigenvalue weighted by Gasteiger charge is -2.21. The second-order valence-corrected chi connectivity index (χ2v) is 7.48. The van der Waals surface area contributed by atoms with Crippen LogP contribution < -0.4 is 0 Å². The Kier molecular flexibility index (Phi) is 7.12. The van der Waals surface area contributed by atoms with Crippen LogP contribution in [0, 0.1) is 0 Å². The number of amidine groups is 1. The van der Waals surface area contributed by atoms with E-state index in [9.17, 15) is 4.79 Å². The van der Waals surface area contributed by atoms with E-state index >= 15 is 0 Å². The SMILES string of the molecule is CCN(CC)C1=CC=C(/C=C2/OC(=NC3CCCCC3)N(CC)C2=O)CC=C1. The minimum Gasteiger partial charge on any atom is -0.420 e. The number of hydrogen-bond donors (Lipinski definition) is 0. The first-order valence-corrected chi connectivity index (χ1v) is 10.8. The molecule has 0 spiro atoms. The standard InChI is InChI=1S/C23H33N3O2/c1-4-25(5-2)20-14-10-11-18(15-16-20)17-21-22(27)26(6-3)23(28-21)24-19-12-8-7-9-13-19/h10,14-17,19H,4-9,11-13H2,1-3H3/b21-17+,24-23?. The third kappa shape index (κ3) is 4.75. The molecule has 0 aromatic heterocycles. The monoisotopic (exact) mass is 383 g/mol. The van der Waals surface area contributed by atoms with Crippen molar-refractivity contribution in [1.29, 1.82) is 0 Å². The molecule has 0 bridgehead atoms.